The minimum atomic E-state index is -0.745. The van der Waals surface area contributed by atoms with E-state index in [2.05, 4.69) is 194 Å². The van der Waals surface area contributed by atoms with E-state index in [1.807, 2.05) is 0 Å². The second-order valence-corrected chi connectivity index (χ2v) is 39.1. The van der Waals surface area contributed by atoms with Crippen LogP contribution < -0.4 is 0 Å². The van der Waals surface area contributed by atoms with Gasteiger partial charge in [-0.15, -0.1) is 0 Å². The number of aliphatic hydroxyl groups is 4. The van der Waals surface area contributed by atoms with Crippen molar-refractivity contribution in [2.75, 3.05) is 33.0 Å². The van der Waals surface area contributed by atoms with Gasteiger partial charge in [0.05, 0.1) is 38.1 Å². The Morgan fingerprint density at radius 2 is 0.444 bits per heavy atom. The molecule has 9 nitrogen and oxygen atoms in total. The number of ketones is 1. The lowest BCUT2D eigenvalue weighted by Gasteiger charge is -2.28. The Kier molecular flexibility index (Phi) is 112. The van der Waals surface area contributed by atoms with E-state index < -0.39 is 11.9 Å². The lowest BCUT2D eigenvalue weighted by Crippen LogP contribution is -2.31. The fourth-order valence-corrected chi connectivity index (χ4v) is 17.3. The Labute approximate surface area is 828 Å². The summed E-state index contributed by atoms with van der Waals surface area (Å²) < 4.78 is 25.7. The van der Waals surface area contributed by atoms with E-state index in [1.54, 1.807) is 0 Å². The zero-order valence-corrected chi connectivity index (χ0v) is 89.4. The van der Waals surface area contributed by atoms with Crippen molar-refractivity contribution in [1.29, 1.82) is 0 Å². The van der Waals surface area contributed by atoms with E-state index in [0.29, 0.717) is 24.9 Å². The fourth-order valence-electron chi connectivity index (χ4n) is 17.3. The first-order valence-corrected chi connectivity index (χ1v) is 58.1. The summed E-state index contributed by atoms with van der Waals surface area (Å²) in [6.45, 7) is 17.1. The molecule has 0 bridgehead atoms. The van der Waals surface area contributed by atoms with Crippen molar-refractivity contribution in [2.45, 2.75) is 605 Å². The SMILES string of the molecule is CCCCC/C=C\C/C=C\CCCCCCCCC(=O)CCCCCCCC/C=C\C/C=C\CCCCC.CCCCC/C=C\C/C=C\CCCCCCCCC1(CCCCCCCC/C=C\C/C=C\CCCCC)OCC(CCC)O1.CCCCC/C=C\C/C=C\CCCCCCCCC1(CCCCCCCC/C=C\C/C=C\CCCCC)OCC(CCO)O1.OCCC(O)CO. The summed E-state index contributed by atoms with van der Waals surface area (Å²) in [7, 11) is 0. The first-order chi connectivity index (χ1) is 65.6. The molecule has 4 N–H and O–H groups in total. The quantitative estimate of drug-likeness (QED) is 0.0347. The molecule has 0 spiro atoms. The smallest absolute Gasteiger partial charge is 0.168 e. The average Bonchev–Trinajstić information content (AvgIpc) is 1.70. The predicted octanol–water partition coefficient (Wildman–Crippen LogP) is 38.9. The summed E-state index contributed by atoms with van der Waals surface area (Å²) in [4.78, 5) is 12.1. The highest BCUT2D eigenvalue weighted by Crippen LogP contribution is 2.38. The van der Waals surface area contributed by atoms with Crippen LogP contribution in [0.25, 0.3) is 0 Å². The highest BCUT2D eigenvalue weighted by molar-refractivity contribution is 5.78. The molecule has 0 aliphatic carbocycles. The summed E-state index contributed by atoms with van der Waals surface area (Å²) >= 11 is 0. The number of allylic oxidation sites excluding steroid dienone is 24. The summed E-state index contributed by atoms with van der Waals surface area (Å²) in [5.41, 5.74) is 0. The largest absolute Gasteiger partial charge is 0.396 e. The summed E-state index contributed by atoms with van der Waals surface area (Å²) in [5.74, 6) is -0.187. The first kappa shape index (κ1) is 131. The van der Waals surface area contributed by atoms with Crippen LogP contribution >= 0.6 is 0 Å². The van der Waals surface area contributed by atoms with Gasteiger partial charge in [0.2, 0.25) is 0 Å². The van der Waals surface area contributed by atoms with Gasteiger partial charge in [-0.1, -0.05) is 432 Å². The average molecular weight is 1860 g/mol. The van der Waals surface area contributed by atoms with Gasteiger partial charge < -0.3 is 39.4 Å². The number of unbranched alkanes of at least 4 members (excludes halogenated alkanes) is 54. The summed E-state index contributed by atoms with van der Waals surface area (Å²) in [6.07, 6.45) is 157. The molecule has 9 heteroatoms. The molecule has 133 heavy (non-hydrogen) atoms. The third-order valence-electron chi connectivity index (χ3n) is 25.9. The molecular weight excluding hydrogens is 1630 g/mol. The molecule has 0 aromatic rings. The number of aliphatic hydroxyl groups excluding tert-OH is 4. The van der Waals surface area contributed by atoms with Crippen LogP contribution in [0.3, 0.4) is 0 Å². The molecule has 0 aromatic heterocycles. The van der Waals surface area contributed by atoms with Gasteiger partial charge in [-0.3, -0.25) is 4.79 Å². The maximum atomic E-state index is 12.1. The van der Waals surface area contributed by atoms with Crippen molar-refractivity contribution < 1.29 is 44.2 Å². The van der Waals surface area contributed by atoms with Gasteiger partial charge in [0, 0.05) is 51.7 Å². The van der Waals surface area contributed by atoms with E-state index in [-0.39, 0.29) is 38.1 Å². The molecule has 3 atom stereocenters. The zero-order chi connectivity index (χ0) is 96.6. The molecular formula is C124H226O9. The Balaban J connectivity index is 0. The Bertz CT molecular complexity index is 2390. The van der Waals surface area contributed by atoms with Crippen LogP contribution in [-0.2, 0) is 23.7 Å². The van der Waals surface area contributed by atoms with Crippen molar-refractivity contribution in [2.24, 2.45) is 0 Å². The molecule has 0 saturated carbocycles. The maximum Gasteiger partial charge on any atom is 0.168 e. The minimum Gasteiger partial charge on any atom is -0.396 e. The monoisotopic (exact) mass is 1860 g/mol. The Morgan fingerprint density at radius 3 is 0.632 bits per heavy atom. The second kappa shape index (κ2) is 114. The number of carbonyl (C=O) groups excluding carboxylic acids is 1. The number of carbonyl (C=O) groups is 1. The molecule has 2 rings (SSSR count). The number of hydrogen-bond acceptors (Lipinski definition) is 9. The highest BCUT2D eigenvalue weighted by Gasteiger charge is 2.41. The zero-order valence-electron chi connectivity index (χ0n) is 89.4. The van der Waals surface area contributed by atoms with Crippen molar-refractivity contribution >= 4 is 5.78 Å². The Hall–Kier alpha value is -3.77. The van der Waals surface area contributed by atoms with Crippen LogP contribution in [0.5, 0.6) is 0 Å². The van der Waals surface area contributed by atoms with Crippen molar-refractivity contribution in [3.05, 3.63) is 146 Å². The molecule has 0 aromatic carbocycles. The van der Waals surface area contributed by atoms with E-state index >= 15 is 0 Å². The molecule has 0 radical (unpaired) electrons. The van der Waals surface area contributed by atoms with Crippen LogP contribution in [-0.4, -0.2) is 89.1 Å². The van der Waals surface area contributed by atoms with E-state index in [0.717, 1.165) is 103 Å². The minimum absolute atomic E-state index is 0.0641. The number of hydrogen-bond donors (Lipinski definition) is 4. The molecule has 2 heterocycles. The van der Waals surface area contributed by atoms with Crippen LogP contribution in [0.15, 0.2) is 146 Å². The third kappa shape index (κ3) is 102. The summed E-state index contributed by atoms with van der Waals surface area (Å²) in [5, 5.41) is 34.0. The number of ether oxygens (including phenoxy) is 4. The Morgan fingerprint density at radius 1 is 0.248 bits per heavy atom. The second-order valence-electron chi connectivity index (χ2n) is 39.1. The third-order valence-corrected chi connectivity index (χ3v) is 25.9. The van der Waals surface area contributed by atoms with Gasteiger partial charge in [-0.05, 0) is 250 Å². The number of rotatable bonds is 97. The standard InChI is InChI=1S/C42H76O2.C41H74O3.C37H66O.C4H10O3/c1-4-7-9-11-13-15-17-19-21-23-25-27-29-31-33-35-38-42(43-40-41(44-42)37-6-3)39-36-34-32-30-28-26-24-22-20-18-16-14-12-10-8-5-2;1-3-5-7-9-11-13-15-17-19-21-23-25-27-29-31-33-36-41(43-39-40(44-41)35-38-42)37-34-32-30-28-26-24-22-20-18-16-14-12-10-8-6-4-2;1-3-5-7-9-11-13-15-17-19-21-23-25-27-29-31-33-35-37(38)36-34-32-30-28-26-24-22-20-18-16-14-12-10-8-6-4-2;5-2-1-4(7)3-6/h13-16,19-22,41H,4-12,17-18,23-40H2,1-3H3;11-14,17-20,40,42H,3-10,15-16,21-39H2,1-2H3;11-14,17-20H,3-10,15-16,21-36H2,1-2H3;4-7H,1-3H2/b15-13-,16-14-,21-19-,22-20-;2*13-11-,14-12-,19-17-,20-18-;. The van der Waals surface area contributed by atoms with Gasteiger partial charge in [0.15, 0.2) is 11.6 Å². The number of Topliss-reactive ketones (excluding diaryl/α,β-unsaturated/α-hetero) is 1. The van der Waals surface area contributed by atoms with Crippen LogP contribution in [0.4, 0.5) is 0 Å². The van der Waals surface area contributed by atoms with Crippen molar-refractivity contribution in [1.82, 2.24) is 0 Å². The van der Waals surface area contributed by atoms with Gasteiger partial charge in [0.1, 0.15) is 5.78 Å². The summed E-state index contributed by atoms with van der Waals surface area (Å²) in [6, 6.07) is 0. The molecule has 2 fully saturated rings. The van der Waals surface area contributed by atoms with Crippen LogP contribution in [0.1, 0.15) is 575 Å². The first-order valence-electron chi connectivity index (χ1n) is 58.1. The molecule has 2 aliphatic rings. The predicted molar refractivity (Wildman–Crippen MR) is 587 cm³/mol. The molecule has 2 aliphatic heterocycles. The van der Waals surface area contributed by atoms with Crippen LogP contribution in [0.2, 0.25) is 0 Å². The van der Waals surface area contributed by atoms with Crippen LogP contribution in [0, 0.1) is 0 Å². The van der Waals surface area contributed by atoms with Gasteiger partial charge in [-0.25, -0.2) is 0 Å². The molecule has 776 valence electrons. The normalized spacial score (nSPS) is 15.5. The van der Waals surface area contributed by atoms with Gasteiger partial charge in [0.25, 0.3) is 0 Å². The topological polar surface area (TPSA) is 135 Å². The molecule has 0 amide bonds. The van der Waals surface area contributed by atoms with Gasteiger partial charge in [-0.2, -0.15) is 0 Å². The maximum absolute atomic E-state index is 12.1. The van der Waals surface area contributed by atoms with Crippen molar-refractivity contribution in [3.63, 3.8) is 0 Å². The highest BCUT2D eigenvalue weighted by atomic mass is 16.7. The van der Waals surface area contributed by atoms with E-state index in [9.17, 15) is 9.90 Å². The fraction of sp³-hybridized carbons (Fsp3) is 0.798. The lowest BCUT2D eigenvalue weighted by molar-refractivity contribution is -0.180. The molecule has 2 saturated heterocycles. The van der Waals surface area contributed by atoms with E-state index in [1.165, 1.54) is 417 Å². The van der Waals surface area contributed by atoms with E-state index in [4.69, 9.17) is 34.3 Å². The lowest BCUT2D eigenvalue weighted by atomic mass is 9.98. The van der Waals surface area contributed by atoms with Crippen molar-refractivity contribution in [3.8, 4) is 0 Å². The van der Waals surface area contributed by atoms with Gasteiger partial charge >= 0.3 is 0 Å². The molecule has 3 unspecified atom stereocenters.